The highest BCUT2D eigenvalue weighted by atomic mass is 16.2. The van der Waals surface area contributed by atoms with E-state index >= 15 is 0 Å². The van der Waals surface area contributed by atoms with Crippen LogP contribution in [0.5, 0.6) is 0 Å². The molecule has 0 saturated carbocycles. The number of nitrogens with zero attached hydrogens (tertiary/aromatic N) is 1. The van der Waals surface area contributed by atoms with Gasteiger partial charge in [0.2, 0.25) is 5.91 Å². The Kier molecular flexibility index (Phi) is 4.29. The van der Waals surface area contributed by atoms with Crippen LogP contribution < -0.4 is 10.7 Å². The van der Waals surface area contributed by atoms with E-state index in [9.17, 15) is 9.59 Å². The highest BCUT2D eigenvalue weighted by Gasteiger charge is 2.41. The molecule has 2 aromatic rings. The molecule has 1 aliphatic carbocycles. The lowest BCUT2D eigenvalue weighted by Crippen LogP contribution is -2.35. The monoisotopic (exact) mass is 347 g/mol. The van der Waals surface area contributed by atoms with Crippen molar-refractivity contribution in [1.29, 1.82) is 0 Å². The van der Waals surface area contributed by atoms with Crippen molar-refractivity contribution >= 4 is 17.5 Å². The number of rotatable bonds is 3. The van der Waals surface area contributed by atoms with Gasteiger partial charge in [0.05, 0.1) is 5.71 Å². The predicted molar refractivity (Wildman–Crippen MR) is 99.9 cm³/mol. The third kappa shape index (κ3) is 3.01. The van der Waals surface area contributed by atoms with Crippen LogP contribution >= 0.6 is 0 Å². The van der Waals surface area contributed by atoms with Gasteiger partial charge in [-0.2, -0.15) is 5.10 Å². The zero-order chi connectivity index (χ0) is 18.1. The molecule has 2 aromatic carbocycles. The molecule has 1 aliphatic heterocycles. The number of fused-ring (bicyclic) bond motifs is 1. The van der Waals surface area contributed by atoms with Gasteiger partial charge in [-0.1, -0.05) is 48.0 Å². The number of hydrazone groups is 1. The summed E-state index contributed by atoms with van der Waals surface area (Å²) in [5.41, 5.74) is 8.04. The number of hydrogen-bond donors (Lipinski definition) is 2. The molecule has 1 heterocycles. The van der Waals surface area contributed by atoms with E-state index in [0.717, 1.165) is 29.7 Å². The second-order valence-electron chi connectivity index (χ2n) is 6.94. The smallest absolute Gasteiger partial charge is 0.253 e. The van der Waals surface area contributed by atoms with Crippen LogP contribution in [-0.4, -0.2) is 24.1 Å². The van der Waals surface area contributed by atoms with E-state index in [-0.39, 0.29) is 17.7 Å². The lowest BCUT2D eigenvalue weighted by atomic mass is 9.88. The van der Waals surface area contributed by atoms with Gasteiger partial charge in [0.1, 0.15) is 5.92 Å². The molecule has 2 aliphatic rings. The quantitative estimate of drug-likeness (QED) is 0.661. The van der Waals surface area contributed by atoms with Crippen molar-refractivity contribution in [2.75, 3.05) is 6.54 Å². The molecule has 2 N–H and O–H groups in total. The van der Waals surface area contributed by atoms with Crippen molar-refractivity contribution < 1.29 is 9.59 Å². The molecule has 5 heteroatoms. The lowest BCUT2D eigenvalue weighted by molar-refractivity contribution is -0.133. The van der Waals surface area contributed by atoms with Gasteiger partial charge in [0.15, 0.2) is 0 Å². The summed E-state index contributed by atoms with van der Waals surface area (Å²) in [7, 11) is 0. The van der Waals surface area contributed by atoms with E-state index in [1.165, 1.54) is 11.1 Å². The van der Waals surface area contributed by atoms with Crippen LogP contribution in [0.2, 0.25) is 0 Å². The number of carbonyl (C=O) groups excluding carboxylic acids is 2. The average Bonchev–Trinajstić information content (AvgIpc) is 3.23. The van der Waals surface area contributed by atoms with E-state index in [4.69, 9.17) is 0 Å². The maximum absolute atomic E-state index is 12.7. The van der Waals surface area contributed by atoms with Crippen LogP contribution in [0, 0.1) is 12.8 Å². The Morgan fingerprint density at radius 3 is 2.77 bits per heavy atom. The van der Waals surface area contributed by atoms with Gasteiger partial charge in [-0.25, -0.2) is 5.43 Å². The van der Waals surface area contributed by atoms with Crippen molar-refractivity contribution in [3.8, 4) is 0 Å². The summed E-state index contributed by atoms with van der Waals surface area (Å²) in [6.45, 7) is 2.52. The number of benzene rings is 2. The molecule has 0 aromatic heterocycles. The Bertz CT molecular complexity index is 889. The number of amides is 2. The Morgan fingerprint density at radius 1 is 1.15 bits per heavy atom. The summed E-state index contributed by atoms with van der Waals surface area (Å²) in [5.74, 6) is -1.50. The molecular formula is C21H21N3O2. The molecule has 0 radical (unpaired) electrons. The summed E-state index contributed by atoms with van der Waals surface area (Å²) >= 11 is 0. The first-order valence-corrected chi connectivity index (χ1v) is 8.92. The number of aryl methyl sites for hydroxylation is 2. The van der Waals surface area contributed by atoms with E-state index < -0.39 is 5.92 Å². The first kappa shape index (κ1) is 16.5. The second-order valence-corrected chi connectivity index (χ2v) is 6.94. The van der Waals surface area contributed by atoms with Gasteiger partial charge in [-0.3, -0.25) is 9.59 Å². The third-order valence-electron chi connectivity index (χ3n) is 5.20. The third-order valence-corrected chi connectivity index (χ3v) is 5.20. The highest BCUT2D eigenvalue weighted by molar-refractivity contribution is 6.06. The average molecular weight is 347 g/mol. The molecule has 5 nitrogen and oxygen atoms in total. The van der Waals surface area contributed by atoms with Gasteiger partial charge in [-0.05, 0) is 37.0 Å². The van der Waals surface area contributed by atoms with Crippen molar-refractivity contribution in [1.82, 2.24) is 10.7 Å². The van der Waals surface area contributed by atoms with Crippen molar-refractivity contribution in [3.63, 3.8) is 0 Å². The highest BCUT2D eigenvalue weighted by Crippen LogP contribution is 2.29. The van der Waals surface area contributed by atoms with E-state index in [0.29, 0.717) is 6.54 Å². The molecule has 2 atom stereocenters. The summed E-state index contributed by atoms with van der Waals surface area (Å²) in [6, 6.07) is 16.0. The standard InChI is InChI=1S/C21H21N3O2/c1-13-7-8-15-9-10-18(16(15)11-13)23-24-21(26)19-17(12-22-20(19)25)14-5-3-2-4-6-14/h2-8,11,17,19H,9-10,12H2,1H3,(H,22,25)(H,24,26)/b23-18-. The Hall–Kier alpha value is -2.95. The second kappa shape index (κ2) is 6.75. The van der Waals surface area contributed by atoms with Crippen LogP contribution in [0.25, 0.3) is 0 Å². The zero-order valence-corrected chi connectivity index (χ0v) is 14.7. The maximum Gasteiger partial charge on any atom is 0.253 e. The summed E-state index contributed by atoms with van der Waals surface area (Å²) in [5, 5.41) is 7.15. The van der Waals surface area contributed by atoms with Crippen LogP contribution in [-0.2, 0) is 16.0 Å². The Morgan fingerprint density at radius 2 is 1.96 bits per heavy atom. The first-order chi connectivity index (χ1) is 12.6. The molecule has 26 heavy (non-hydrogen) atoms. The molecule has 4 rings (SSSR count). The first-order valence-electron chi connectivity index (χ1n) is 8.92. The van der Waals surface area contributed by atoms with Gasteiger partial charge < -0.3 is 5.32 Å². The minimum Gasteiger partial charge on any atom is -0.355 e. The molecule has 0 bridgehead atoms. The molecular weight excluding hydrogens is 326 g/mol. The summed E-state index contributed by atoms with van der Waals surface area (Å²) in [6.07, 6.45) is 1.74. The minimum absolute atomic E-state index is 0.165. The lowest BCUT2D eigenvalue weighted by Gasteiger charge is -2.15. The topological polar surface area (TPSA) is 70.6 Å². The molecule has 1 saturated heterocycles. The van der Waals surface area contributed by atoms with Crippen LogP contribution in [0.1, 0.15) is 34.6 Å². The van der Waals surface area contributed by atoms with E-state index in [1.807, 2.05) is 37.3 Å². The number of carbonyl (C=O) groups is 2. The van der Waals surface area contributed by atoms with Crippen molar-refractivity contribution in [3.05, 3.63) is 70.8 Å². The van der Waals surface area contributed by atoms with Gasteiger partial charge in [0, 0.05) is 18.0 Å². The molecule has 0 spiro atoms. The van der Waals surface area contributed by atoms with Gasteiger partial charge >= 0.3 is 0 Å². The summed E-state index contributed by atoms with van der Waals surface area (Å²) in [4.78, 5) is 24.9. The van der Waals surface area contributed by atoms with E-state index in [1.54, 1.807) is 0 Å². The Labute approximate surface area is 152 Å². The van der Waals surface area contributed by atoms with Gasteiger partial charge in [0.25, 0.3) is 5.91 Å². The zero-order valence-electron chi connectivity index (χ0n) is 14.7. The molecule has 2 unspecified atom stereocenters. The Balaban J connectivity index is 1.53. The van der Waals surface area contributed by atoms with E-state index in [2.05, 4.69) is 34.0 Å². The minimum atomic E-state index is -0.750. The van der Waals surface area contributed by atoms with Crippen molar-refractivity contribution in [2.24, 2.45) is 11.0 Å². The van der Waals surface area contributed by atoms with Crippen LogP contribution in [0.4, 0.5) is 0 Å². The van der Waals surface area contributed by atoms with Crippen LogP contribution in [0.15, 0.2) is 53.6 Å². The fourth-order valence-electron chi connectivity index (χ4n) is 3.81. The van der Waals surface area contributed by atoms with Crippen LogP contribution in [0.3, 0.4) is 0 Å². The number of nitrogens with one attached hydrogen (secondary N) is 2. The molecule has 1 fully saturated rings. The predicted octanol–water partition coefficient (Wildman–Crippen LogP) is 2.29. The van der Waals surface area contributed by atoms with Crippen molar-refractivity contribution in [2.45, 2.75) is 25.7 Å². The molecule has 2 amide bonds. The fourth-order valence-corrected chi connectivity index (χ4v) is 3.81. The molecule has 132 valence electrons. The largest absolute Gasteiger partial charge is 0.355 e. The normalized spacial score (nSPS) is 23.0. The maximum atomic E-state index is 12.7. The summed E-state index contributed by atoms with van der Waals surface area (Å²) < 4.78 is 0. The number of hydrogen-bond acceptors (Lipinski definition) is 3. The SMILES string of the molecule is Cc1ccc2c(c1)/C(=N\NC(=O)C1C(=O)NCC1c1ccccc1)CC2. The fraction of sp³-hybridized carbons (Fsp3) is 0.286. The van der Waals surface area contributed by atoms with Gasteiger partial charge in [-0.15, -0.1) is 0 Å².